The third kappa shape index (κ3) is 16.8. The van der Waals surface area contributed by atoms with Crippen LogP contribution in [0.1, 0.15) is 123 Å². The number of methoxy groups -OCH3 is 4. The van der Waals surface area contributed by atoms with Crippen molar-refractivity contribution < 1.29 is 66.9 Å². The number of ether oxygens (including phenoxy) is 4. The average molecular weight is 1570 g/mol. The zero-order valence-corrected chi connectivity index (χ0v) is 66.6. The van der Waals surface area contributed by atoms with E-state index in [0.717, 1.165) is 184 Å². The molecule has 117 heavy (non-hydrogen) atoms. The van der Waals surface area contributed by atoms with Gasteiger partial charge in [0.05, 0.1) is 108 Å². The number of benzene rings is 2. The summed E-state index contributed by atoms with van der Waals surface area (Å²) in [6.45, 7) is 13.6. The molecule has 8 aromatic heterocycles. The van der Waals surface area contributed by atoms with Gasteiger partial charge < -0.3 is 76.3 Å². The molecule has 3 saturated heterocycles. The molecule has 18 rings (SSSR count). The number of rotatable bonds is 26. The van der Waals surface area contributed by atoms with E-state index >= 15 is 0 Å². The van der Waals surface area contributed by atoms with Crippen molar-refractivity contribution in [2.45, 2.75) is 91.3 Å². The number of aromatic carboxylic acids is 1. The van der Waals surface area contributed by atoms with Gasteiger partial charge in [0.25, 0.3) is 11.8 Å². The topological polar surface area (TPSA) is 397 Å². The number of amides is 4. The molecule has 2 aromatic carbocycles. The predicted molar refractivity (Wildman–Crippen MR) is 427 cm³/mol. The summed E-state index contributed by atoms with van der Waals surface area (Å²) in [7, 11) is 6.55. The van der Waals surface area contributed by atoms with E-state index in [1.165, 1.54) is 12.4 Å². The van der Waals surface area contributed by atoms with Crippen LogP contribution >= 0.6 is 0 Å². The Morgan fingerprint density at radius 3 is 1.19 bits per heavy atom. The van der Waals surface area contributed by atoms with Crippen molar-refractivity contribution in [2.75, 3.05) is 93.0 Å². The fourth-order valence-electron chi connectivity index (χ4n) is 17.7. The molecule has 8 N–H and O–H groups in total. The Morgan fingerprint density at radius 2 is 0.855 bits per heavy atom. The molecule has 598 valence electrons. The first-order valence-electron chi connectivity index (χ1n) is 39.1. The Bertz CT molecular complexity index is 5450. The zero-order chi connectivity index (χ0) is 80.7. The van der Waals surface area contributed by atoms with Crippen LogP contribution in [-0.2, 0) is 55.2 Å². The molecule has 11 atom stereocenters. The van der Waals surface area contributed by atoms with Crippen molar-refractivity contribution in [3.63, 3.8) is 0 Å². The minimum Gasteiger partial charge on any atom is -0.545 e. The summed E-state index contributed by atoms with van der Waals surface area (Å²) in [6.07, 6.45) is 16.3. The molecule has 6 fully saturated rings. The van der Waals surface area contributed by atoms with Gasteiger partial charge in [0.1, 0.15) is 52.1 Å². The van der Waals surface area contributed by atoms with E-state index < -0.39 is 5.97 Å². The summed E-state index contributed by atoms with van der Waals surface area (Å²) < 4.78 is 26.8. The minimum atomic E-state index is -1.24. The first-order chi connectivity index (χ1) is 56.2. The second kappa shape index (κ2) is 33.7. The zero-order valence-electron chi connectivity index (χ0n) is 66.6. The Hall–Kier alpha value is -12.5. The molecule has 3 saturated carbocycles. The van der Waals surface area contributed by atoms with E-state index in [9.17, 15) is 34.3 Å². The van der Waals surface area contributed by atoms with Crippen LogP contribution in [0.3, 0.4) is 0 Å². The van der Waals surface area contributed by atoms with Crippen molar-refractivity contribution in [1.29, 1.82) is 5.26 Å². The van der Waals surface area contributed by atoms with Crippen molar-refractivity contribution >= 4 is 58.7 Å². The number of primary amides is 2. The number of nitrogens with two attached hydrogens (primary N) is 2. The number of nitrogens with zero attached hydrogens (tertiary/aromatic N) is 15. The Morgan fingerprint density at radius 1 is 0.496 bits per heavy atom. The molecular weight excluding hydrogens is 1480 g/mol. The van der Waals surface area contributed by atoms with Gasteiger partial charge in [-0.15, -0.1) is 0 Å². The maximum Gasteiger partial charge on any atom is 1.00 e. The van der Waals surface area contributed by atoms with Gasteiger partial charge in [0.15, 0.2) is 0 Å². The van der Waals surface area contributed by atoms with Gasteiger partial charge in [-0.3, -0.25) is 33.2 Å². The minimum absolute atomic E-state index is 0. The molecule has 0 radical (unpaired) electrons. The molecule has 11 heterocycles. The number of carbonyl (C=O) groups excluding carboxylic acids is 5. The molecule has 8 aliphatic rings. The summed E-state index contributed by atoms with van der Waals surface area (Å²) in [4.78, 5) is 90.4. The smallest absolute Gasteiger partial charge is 0.545 e. The normalized spacial score (nSPS) is 21.5. The molecule has 5 aliphatic carbocycles. The van der Waals surface area contributed by atoms with E-state index in [1.54, 1.807) is 79.7 Å². The molecule has 3 unspecified atom stereocenters. The van der Waals surface area contributed by atoms with Gasteiger partial charge in [-0.2, -0.15) is 20.6 Å². The number of carbonyl (C=O) groups is 5. The summed E-state index contributed by atoms with van der Waals surface area (Å²) >= 11 is 0. The van der Waals surface area contributed by atoms with Crippen molar-refractivity contribution in [3.05, 3.63) is 218 Å². The second-order valence-electron chi connectivity index (χ2n) is 31.2. The number of aromatic nitrogens is 11. The molecule has 31 nitrogen and oxygen atoms in total. The maximum atomic E-state index is 13.3. The van der Waals surface area contributed by atoms with Gasteiger partial charge in [-0.25, -0.2) is 24.9 Å². The molecule has 10 aromatic rings. The summed E-state index contributed by atoms with van der Waals surface area (Å²) in [5.41, 5.74) is 24.1. The summed E-state index contributed by atoms with van der Waals surface area (Å²) in [5, 5.41) is 46.3. The number of aryl methyl sites for hydroxylation is 3. The molecule has 3 aliphatic heterocycles. The number of fused-ring (bicyclic) bond motifs is 5. The maximum absolute atomic E-state index is 13.3. The third-order valence-corrected chi connectivity index (χ3v) is 24.4. The summed E-state index contributed by atoms with van der Waals surface area (Å²) in [5.74, 6) is 8.18. The Balaban J connectivity index is 0.000000143. The fraction of sp³-hybridized carbons (Fsp3) is 0.388. The Labute approximate surface area is 688 Å². The van der Waals surface area contributed by atoms with E-state index in [4.69, 9.17) is 40.4 Å². The second-order valence-corrected chi connectivity index (χ2v) is 31.2. The van der Waals surface area contributed by atoms with Crippen LogP contribution in [0.25, 0.3) is 0 Å². The van der Waals surface area contributed by atoms with Crippen LogP contribution < -0.4 is 90.3 Å². The SMILES string of the molecule is COc1ccc(CNc2nccc3c2CC[C@H]3NC(=O)c2cnn(Cc3ccc(N4C[C@@H]5C(C#N)[C@@H]5C4)nc3C)c2)c(OC)c1.COc1ccc(CNc2nccc3c2CC[C@H]3NC(=O)c2cnn(Cc3ccc(N4C[C@@H]5C(C(N)=O)[C@@H]5C4)nc3C)c2)c(OC)c1.Cc1nc(N2C[C@@H]3C(C(N)=O)[C@@H]3C2)ccc1Cn1cc(C(=O)[O-])cn1.[Li+]. The van der Waals surface area contributed by atoms with E-state index in [0.29, 0.717) is 79.4 Å². The first-order valence-corrected chi connectivity index (χ1v) is 39.1. The standard InChI is InChI=1S/C34H38N8O4.C34H36N8O3.C17H19N5O3.Li/c1-19-21(5-9-30(39-19)41-17-26-27(18-41)31(26)32(35)43)15-42-16-22(14-38-42)34(44)40-28-8-7-25-24(28)10-11-36-33(25)37-13-20-4-6-23(45-2)12-29(20)46-3;1-20-22(5-9-32(39-20)41-18-28-27(13-35)29(28)19-41)16-42-17-23(15-38-42)34(43)40-30-8-7-26-25(30)10-11-36-33(26)37-14-21-4-6-24(44-2)12-31(21)45-3;1-9-10(5-22-6-11(4-19-22)17(24)25)2-3-14(20-9)21-7-12-13(8-21)15(12)16(18)23;/h4-6,9-12,14,16,26-28,31H,7-8,13,15,17-18H2,1-3H3,(H2,35,43)(H,36,37)(H,40,44);4-6,9-12,15,17,27-30H,7-8,14,16,18-19H2,1-3H3,(H,36,37)(H,40,43);2-4,6,12-13,15H,5,7-8H2,1H3,(H2,18,23)(H,24,25);/q;;;+1/p-1/t26-,27+,28-,31?;27?,28-,29+,30-;12-,13+,15?;/m11../s1. The van der Waals surface area contributed by atoms with Crippen LogP contribution in [0, 0.1) is 85.4 Å². The van der Waals surface area contributed by atoms with Crippen LogP contribution in [-0.4, -0.2) is 152 Å². The van der Waals surface area contributed by atoms with Crippen LogP contribution in [0.5, 0.6) is 23.0 Å². The number of anilines is 5. The van der Waals surface area contributed by atoms with Crippen molar-refractivity contribution in [1.82, 2.24) is 64.9 Å². The van der Waals surface area contributed by atoms with Crippen LogP contribution in [0.2, 0.25) is 0 Å². The number of nitrogens with one attached hydrogen (secondary N) is 4. The number of piperidine rings is 3. The molecular formula is C85H92LiN21O10. The van der Waals surface area contributed by atoms with E-state index in [2.05, 4.69) is 90.5 Å². The van der Waals surface area contributed by atoms with E-state index in [-0.39, 0.29) is 77.9 Å². The molecule has 0 spiro atoms. The number of carboxylic acid groups (broad SMARTS) is 1. The largest absolute Gasteiger partial charge is 1.00 e. The monoisotopic (exact) mass is 1570 g/mol. The number of pyridine rings is 5. The van der Waals surface area contributed by atoms with Gasteiger partial charge in [-0.1, -0.05) is 18.2 Å². The Kier molecular flexibility index (Phi) is 23.0. The van der Waals surface area contributed by atoms with Crippen molar-refractivity contribution in [3.8, 4) is 29.1 Å². The molecule has 0 bridgehead atoms. The quantitative estimate of drug-likeness (QED) is 0.0421. The van der Waals surface area contributed by atoms with E-state index in [1.807, 2.05) is 87.5 Å². The number of carboxylic acids is 1. The summed E-state index contributed by atoms with van der Waals surface area (Å²) in [6, 6.07) is 29.8. The third-order valence-electron chi connectivity index (χ3n) is 24.4. The van der Waals surface area contributed by atoms with Crippen molar-refractivity contribution in [2.24, 2.45) is 64.7 Å². The molecule has 32 heteroatoms. The fourth-order valence-corrected chi connectivity index (χ4v) is 17.7. The van der Waals surface area contributed by atoms with Gasteiger partial charge >= 0.3 is 18.9 Å². The number of nitriles is 1. The van der Waals surface area contributed by atoms with Gasteiger partial charge in [-0.05, 0) is 176 Å². The average Bonchev–Trinajstić information content (AvgIpc) is 1.58. The first kappa shape index (κ1) is 79.7. The molecule has 4 amide bonds. The number of hydrogen-bond donors (Lipinski definition) is 6. The van der Waals surface area contributed by atoms with Crippen LogP contribution in [0.4, 0.5) is 29.1 Å². The van der Waals surface area contributed by atoms with Gasteiger partial charge in [0.2, 0.25) is 11.8 Å². The van der Waals surface area contributed by atoms with Crippen LogP contribution in [0.15, 0.2) is 135 Å². The predicted octanol–water partition coefficient (Wildman–Crippen LogP) is 3.70. The number of hydrogen-bond acceptors (Lipinski definition) is 24. The van der Waals surface area contributed by atoms with Gasteiger partial charge in [0, 0.05) is 141 Å².